The molecule has 2 rings (SSSR count). The molecule has 98 valence electrons. The lowest BCUT2D eigenvalue weighted by molar-refractivity contribution is -0.142. The molecule has 0 radical (unpaired) electrons. The van der Waals surface area contributed by atoms with Gasteiger partial charge >= 0.3 is 5.97 Å². The molecule has 1 atom stereocenters. The van der Waals surface area contributed by atoms with Crippen LogP contribution in [0.1, 0.15) is 37.2 Å². The Balaban J connectivity index is 2.28. The lowest BCUT2D eigenvalue weighted by atomic mass is 9.86. The monoisotopic (exact) mass is 249 g/mol. The van der Waals surface area contributed by atoms with Crippen molar-refractivity contribution in [1.29, 1.82) is 0 Å². The summed E-state index contributed by atoms with van der Waals surface area (Å²) < 4.78 is 5.42. The number of carboxylic acids is 1. The van der Waals surface area contributed by atoms with E-state index >= 15 is 0 Å². The maximum absolute atomic E-state index is 11.0. The molecule has 1 aromatic rings. The molecule has 0 saturated carbocycles. The van der Waals surface area contributed by atoms with E-state index in [1.807, 2.05) is 26.0 Å². The number of rotatable bonds is 3. The van der Waals surface area contributed by atoms with Crippen LogP contribution < -0.4 is 0 Å². The van der Waals surface area contributed by atoms with E-state index in [0.717, 1.165) is 23.4 Å². The van der Waals surface area contributed by atoms with E-state index in [4.69, 9.17) is 9.84 Å². The maximum atomic E-state index is 11.0. The number of carbonyl (C=O) groups is 1. The molecule has 1 heterocycles. The lowest BCUT2D eigenvalue weighted by Gasteiger charge is -2.26. The largest absolute Gasteiger partial charge is 0.481 e. The summed E-state index contributed by atoms with van der Waals surface area (Å²) in [6.45, 7) is 3.95. The van der Waals surface area contributed by atoms with Crippen LogP contribution in [0.3, 0.4) is 0 Å². The molecule has 0 amide bonds. The lowest BCUT2D eigenvalue weighted by Crippen LogP contribution is -2.26. The summed E-state index contributed by atoms with van der Waals surface area (Å²) in [4.78, 5) is 15.6. The van der Waals surface area contributed by atoms with E-state index in [1.165, 1.54) is 0 Å². The highest BCUT2D eigenvalue weighted by molar-refractivity contribution is 5.70. The summed E-state index contributed by atoms with van der Waals surface area (Å²) >= 11 is 0. The topological polar surface area (TPSA) is 59.4 Å². The van der Waals surface area contributed by atoms with Crippen LogP contribution in [0.15, 0.2) is 12.1 Å². The summed E-state index contributed by atoms with van der Waals surface area (Å²) in [7, 11) is 1.67. The van der Waals surface area contributed by atoms with Crippen LogP contribution in [0, 0.1) is 5.92 Å². The molecule has 0 bridgehead atoms. The number of aliphatic carboxylic acids is 1. The van der Waals surface area contributed by atoms with E-state index in [9.17, 15) is 4.79 Å². The van der Waals surface area contributed by atoms with Crippen molar-refractivity contribution >= 4 is 5.97 Å². The van der Waals surface area contributed by atoms with Crippen molar-refractivity contribution in [3.05, 3.63) is 29.1 Å². The van der Waals surface area contributed by atoms with Crippen LogP contribution in [0.5, 0.6) is 0 Å². The Bertz CT molecular complexity index is 468. The van der Waals surface area contributed by atoms with Crippen molar-refractivity contribution in [1.82, 2.24) is 4.98 Å². The number of nitrogens with zero attached hydrogens (tertiary/aromatic N) is 1. The number of hydrogen-bond donors (Lipinski definition) is 1. The van der Waals surface area contributed by atoms with Crippen LogP contribution >= 0.6 is 0 Å². The van der Waals surface area contributed by atoms with Crippen LogP contribution in [0.4, 0.5) is 0 Å². The Morgan fingerprint density at radius 3 is 2.83 bits per heavy atom. The highest BCUT2D eigenvalue weighted by Gasteiger charge is 2.27. The fourth-order valence-corrected chi connectivity index (χ4v) is 2.26. The number of ether oxygens (including phenoxy) is 1. The third-order valence-corrected chi connectivity index (χ3v) is 3.74. The second-order valence-electron chi connectivity index (χ2n) is 5.29. The summed E-state index contributed by atoms with van der Waals surface area (Å²) in [5.74, 6) is -0.970. The van der Waals surface area contributed by atoms with Crippen LogP contribution in [-0.4, -0.2) is 23.2 Å². The first-order valence-corrected chi connectivity index (χ1v) is 6.21. The zero-order valence-corrected chi connectivity index (χ0v) is 11.1. The van der Waals surface area contributed by atoms with Crippen molar-refractivity contribution in [3.8, 4) is 0 Å². The number of aryl methyl sites for hydroxylation is 1. The molecular formula is C14H19NO3. The minimum Gasteiger partial charge on any atom is -0.481 e. The Kier molecular flexibility index (Phi) is 3.39. The second-order valence-corrected chi connectivity index (χ2v) is 5.29. The van der Waals surface area contributed by atoms with E-state index in [-0.39, 0.29) is 5.92 Å². The Morgan fingerprint density at radius 1 is 1.50 bits per heavy atom. The van der Waals surface area contributed by atoms with Gasteiger partial charge in [-0.2, -0.15) is 0 Å². The van der Waals surface area contributed by atoms with Gasteiger partial charge < -0.3 is 9.84 Å². The summed E-state index contributed by atoms with van der Waals surface area (Å²) in [5, 5.41) is 9.05. The molecule has 0 fully saturated rings. The van der Waals surface area contributed by atoms with Gasteiger partial charge in [0.2, 0.25) is 0 Å². The molecule has 0 aliphatic heterocycles. The third-order valence-electron chi connectivity index (χ3n) is 3.74. The second kappa shape index (κ2) is 4.69. The standard InChI is InChI=1S/C14H19NO3/c1-14(2,18-3)12-7-5-9-8-10(13(16)17)4-6-11(9)15-12/h5,7,10H,4,6,8H2,1-3H3,(H,16,17)/t10-/m1/s1. The summed E-state index contributed by atoms with van der Waals surface area (Å²) in [6, 6.07) is 3.93. The predicted molar refractivity (Wildman–Crippen MR) is 67.4 cm³/mol. The fourth-order valence-electron chi connectivity index (χ4n) is 2.26. The molecule has 1 aliphatic carbocycles. The number of methoxy groups -OCH3 is 1. The van der Waals surface area contributed by atoms with Crippen molar-refractivity contribution in [2.45, 2.75) is 38.7 Å². The van der Waals surface area contributed by atoms with Crippen molar-refractivity contribution in [2.75, 3.05) is 7.11 Å². The Hall–Kier alpha value is -1.42. The number of aromatic nitrogens is 1. The SMILES string of the molecule is COC(C)(C)c1ccc2c(n1)CC[C@@H](C(=O)O)C2. The van der Waals surface area contributed by atoms with Gasteiger partial charge in [-0.15, -0.1) is 0 Å². The molecule has 1 N–H and O–H groups in total. The van der Waals surface area contributed by atoms with Crippen LogP contribution in [0.25, 0.3) is 0 Å². The van der Waals surface area contributed by atoms with Gasteiger partial charge in [-0.05, 0) is 44.7 Å². The molecule has 18 heavy (non-hydrogen) atoms. The number of pyridine rings is 1. The number of carboxylic acid groups (broad SMARTS) is 1. The average molecular weight is 249 g/mol. The Labute approximate surface area is 107 Å². The molecule has 0 saturated heterocycles. The zero-order chi connectivity index (χ0) is 13.3. The van der Waals surface area contributed by atoms with E-state index in [1.54, 1.807) is 7.11 Å². The van der Waals surface area contributed by atoms with Gasteiger partial charge in [0.1, 0.15) is 5.60 Å². The molecular weight excluding hydrogens is 230 g/mol. The van der Waals surface area contributed by atoms with Crippen molar-refractivity contribution < 1.29 is 14.6 Å². The highest BCUT2D eigenvalue weighted by Crippen LogP contribution is 2.28. The van der Waals surface area contributed by atoms with E-state index < -0.39 is 11.6 Å². The average Bonchev–Trinajstić information content (AvgIpc) is 2.37. The molecule has 1 aliphatic rings. The number of fused-ring (bicyclic) bond motifs is 1. The quantitative estimate of drug-likeness (QED) is 0.891. The third kappa shape index (κ3) is 2.38. The first-order chi connectivity index (χ1) is 8.44. The van der Waals surface area contributed by atoms with E-state index in [2.05, 4.69) is 4.98 Å². The predicted octanol–water partition coefficient (Wildman–Crippen LogP) is 2.15. The first kappa shape index (κ1) is 13.0. The molecule has 4 heteroatoms. The normalized spacial score (nSPS) is 19.4. The molecule has 0 spiro atoms. The van der Waals surface area contributed by atoms with E-state index in [0.29, 0.717) is 12.8 Å². The van der Waals surface area contributed by atoms with Crippen LogP contribution in [-0.2, 0) is 28.0 Å². The van der Waals surface area contributed by atoms with Gasteiger partial charge in [-0.1, -0.05) is 6.07 Å². The molecule has 0 aromatic carbocycles. The molecule has 4 nitrogen and oxygen atoms in total. The summed E-state index contributed by atoms with van der Waals surface area (Å²) in [6.07, 6.45) is 2.00. The molecule has 0 unspecified atom stereocenters. The van der Waals surface area contributed by atoms with Gasteiger partial charge in [-0.3, -0.25) is 9.78 Å². The van der Waals surface area contributed by atoms with Gasteiger partial charge in [0.25, 0.3) is 0 Å². The fraction of sp³-hybridized carbons (Fsp3) is 0.571. The van der Waals surface area contributed by atoms with Gasteiger partial charge in [0.15, 0.2) is 0 Å². The first-order valence-electron chi connectivity index (χ1n) is 6.21. The highest BCUT2D eigenvalue weighted by atomic mass is 16.5. The van der Waals surface area contributed by atoms with Crippen molar-refractivity contribution in [3.63, 3.8) is 0 Å². The van der Waals surface area contributed by atoms with Gasteiger partial charge in [0.05, 0.1) is 11.6 Å². The minimum atomic E-state index is -0.707. The maximum Gasteiger partial charge on any atom is 0.306 e. The minimum absolute atomic E-state index is 0.263. The molecule has 1 aromatic heterocycles. The summed E-state index contributed by atoms with van der Waals surface area (Å²) in [5.41, 5.74) is 2.58. The number of hydrogen-bond acceptors (Lipinski definition) is 3. The van der Waals surface area contributed by atoms with Gasteiger partial charge in [0, 0.05) is 12.8 Å². The van der Waals surface area contributed by atoms with Crippen LogP contribution in [0.2, 0.25) is 0 Å². The van der Waals surface area contributed by atoms with Gasteiger partial charge in [-0.25, -0.2) is 0 Å². The smallest absolute Gasteiger partial charge is 0.306 e. The Morgan fingerprint density at radius 2 is 2.22 bits per heavy atom. The zero-order valence-electron chi connectivity index (χ0n) is 11.1. The van der Waals surface area contributed by atoms with Crippen molar-refractivity contribution in [2.24, 2.45) is 5.92 Å².